The van der Waals surface area contributed by atoms with Crippen molar-refractivity contribution in [1.82, 2.24) is 19.7 Å². The van der Waals surface area contributed by atoms with Crippen molar-refractivity contribution in [2.75, 3.05) is 19.0 Å². The Hall–Kier alpha value is -3.98. The van der Waals surface area contributed by atoms with Gasteiger partial charge in [0, 0.05) is 5.39 Å². The van der Waals surface area contributed by atoms with E-state index in [0.29, 0.717) is 22.3 Å². The predicted octanol–water partition coefficient (Wildman–Crippen LogP) is 4.96. The summed E-state index contributed by atoms with van der Waals surface area (Å²) >= 11 is 1.45. The molecule has 5 aromatic rings. The van der Waals surface area contributed by atoms with Crippen LogP contribution in [0.2, 0.25) is 0 Å². The van der Waals surface area contributed by atoms with Crippen molar-refractivity contribution in [3.05, 3.63) is 66.4 Å². The van der Waals surface area contributed by atoms with E-state index in [1.807, 2.05) is 54.6 Å². The number of esters is 1. The molecule has 0 amide bonds. The highest BCUT2D eigenvalue weighted by molar-refractivity contribution is 7.22. The number of hydrogen-bond donors (Lipinski definition) is 1. The fraction of sp³-hybridized carbons (Fsp3) is 0.130. The molecule has 0 atom stereocenters. The van der Waals surface area contributed by atoms with Crippen LogP contribution in [0.3, 0.4) is 0 Å². The van der Waals surface area contributed by atoms with E-state index < -0.39 is 5.97 Å². The first-order chi connectivity index (χ1) is 15.7. The lowest BCUT2D eigenvalue weighted by atomic mass is 10.2. The molecule has 0 saturated carbocycles. The summed E-state index contributed by atoms with van der Waals surface area (Å²) in [5.74, 6) is 1.30. The van der Waals surface area contributed by atoms with Gasteiger partial charge in [0.1, 0.15) is 11.3 Å². The Balaban J connectivity index is 1.60. The molecule has 0 radical (unpaired) electrons. The summed E-state index contributed by atoms with van der Waals surface area (Å²) in [5.41, 5.74) is 1.96. The van der Waals surface area contributed by atoms with E-state index in [0.717, 1.165) is 26.9 Å². The van der Waals surface area contributed by atoms with Crippen LogP contribution in [0.25, 0.3) is 26.9 Å². The van der Waals surface area contributed by atoms with E-state index in [4.69, 9.17) is 14.5 Å². The van der Waals surface area contributed by atoms with E-state index in [-0.39, 0.29) is 6.61 Å². The Morgan fingerprint density at radius 2 is 1.97 bits per heavy atom. The average Bonchev–Trinajstić information content (AvgIpc) is 3.42. The number of nitrogens with zero attached hydrogens (tertiary/aromatic N) is 4. The first-order valence-corrected chi connectivity index (χ1v) is 10.8. The van der Waals surface area contributed by atoms with Gasteiger partial charge in [-0.15, -0.1) is 0 Å². The number of anilines is 2. The number of carbonyl (C=O) groups is 1. The summed E-state index contributed by atoms with van der Waals surface area (Å²) in [6.07, 6.45) is 1.48. The van der Waals surface area contributed by atoms with Gasteiger partial charge in [-0.1, -0.05) is 29.5 Å². The van der Waals surface area contributed by atoms with Crippen LogP contribution >= 0.6 is 11.3 Å². The van der Waals surface area contributed by atoms with Gasteiger partial charge in [-0.2, -0.15) is 9.78 Å². The van der Waals surface area contributed by atoms with Gasteiger partial charge in [-0.3, -0.25) is 0 Å². The fourth-order valence-electron chi connectivity index (χ4n) is 3.36. The van der Waals surface area contributed by atoms with Crippen LogP contribution in [0.5, 0.6) is 5.75 Å². The van der Waals surface area contributed by atoms with Gasteiger partial charge in [-0.25, -0.2) is 14.8 Å². The van der Waals surface area contributed by atoms with Crippen LogP contribution in [-0.4, -0.2) is 39.4 Å². The lowest BCUT2D eigenvalue weighted by Crippen LogP contribution is -2.10. The van der Waals surface area contributed by atoms with Gasteiger partial charge < -0.3 is 14.8 Å². The second kappa shape index (κ2) is 8.27. The molecule has 0 unspecified atom stereocenters. The second-order valence-corrected chi connectivity index (χ2v) is 7.91. The molecular formula is C23H19N5O3S. The van der Waals surface area contributed by atoms with Crippen molar-refractivity contribution >= 4 is 49.4 Å². The molecule has 9 heteroatoms. The minimum atomic E-state index is -0.468. The lowest BCUT2D eigenvalue weighted by Gasteiger charge is -2.10. The maximum atomic E-state index is 12.6. The van der Waals surface area contributed by atoms with Gasteiger partial charge in [0.25, 0.3) is 0 Å². The number of pyridine rings is 1. The summed E-state index contributed by atoms with van der Waals surface area (Å²) < 4.78 is 13.1. The van der Waals surface area contributed by atoms with E-state index in [1.54, 1.807) is 18.7 Å². The van der Waals surface area contributed by atoms with Gasteiger partial charge in [0.05, 0.1) is 35.6 Å². The van der Waals surface area contributed by atoms with Crippen molar-refractivity contribution in [1.29, 1.82) is 0 Å². The van der Waals surface area contributed by atoms with Gasteiger partial charge in [-0.05, 0) is 43.3 Å². The lowest BCUT2D eigenvalue weighted by molar-refractivity contribution is 0.0527. The third-order valence-corrected chi connectivity index (χ3v) is 5.82. The summed E-state index contributed by atoms with van der Waals surface area (Å²) in [7, 11) is 1.63. The number of rotatable bonds is 6. The number of carbonyl (C=O) groups excluding carboxylic acids is 1. The molecule has 160 valence electrons. The zero-order chi connectivity index (χ0) is 22.1. The fourth-order valence-corrected chi connectivity index (χ4v) is 4.25. The first-order valence-electron chi connectivity index (χ1n) is 9.99. The van der Waals surface area contributed by atoms with Gasteiger partial charge in [0.2, 0.25) is 0 Å². The minimum Gasteiger partial charge on any atom is -0.497 e. The van der Waals surface area contributed by atoms with Crippen molar-refractivity contribution < 1.29 is 14.3 Å². The number of fused-ring (bicyclic) bond motifs is 2. The van der Waals surface area contributed by atoms with Gasteiger partial charge >= 0.3 is 5.97 Å². The van der Waals surface area contributed by atoms with Crippen molar-refractivity contribution in [3.63, 3.8) is 0 Å². The second-order valence-electron chi connectivity index (χ2n) is 6.88. The van der Waals surface area contributed by atoms with Crippen LogP contribution in [0.15, 0.2) is 60.8 Å². The maximum Gasteiger partial charge on any atom is 0.343 e. The first kappa shape index (κ1) is 20.0. The molecule has 0 fully saturated rings. The molecule has 0 saturated heterocycles. The molecule has 2 aromatic carbocycles. The van der Waals surface area contributed by atoms with Gasteiger partial charge in [0.15, 0.2) is 16.8 Å². The number of nitrogens with one attached hydrogen (secondary N) is 1. The molecule has 0 aliphatic heterocycles. The van der Waals surface area contributed by atoms with Crippen LogP contribution in [-0.2, 0) is 4.74 Å². The van der Waals surface area contributed by atoms with E-state index in [2.05, 4.69) is 15.4 Å². The van der Waals surface area contributed by atoms with Crippen LogP contribution < -0.4 is 10.1 Å². The highest BCUT2D eigenvalue weighted by Crippen LogP contribution is 2.32. The largest absolute Gasteiger partial charge is 0.497 e. The number of hydrogen-bond acceptors (Lipinski definition) is 8. The molecule has 32 heavy (non-hydrogen) atoms. The molecule has 3 heterocycles. The van der Waals surface area contributed by atoms with E-state index in [9.17, 15) is 4.79 Å². The number of para-hydroxylation sites is 1. The Labute approximate surface area is 187 Å². The molecule has 0 aliphatic carbocycles. The predicted molar refractivity (Wildman–Crippen MR) is 124 cm³/mol. The molecular weight excluding hydrogens is 426 g/mol. The summed E-state index contributed by atoms with van der Waals surface area (Å²) in [6.45, 7) is 2.03. The molecule has 0 spiro atoms. The van der Waals surface area contributed by atoms with Crippen LogP contribution in [0.1, 0.15) is 17.3 Å². The average molecular weight is 446 g/mol. The summed E-state index contributed by atoms with van der Waals surface area (Å²) in [5, 5.41) is 9.31. The molecule has 0 aliphatic rings. The van der Waals surface area contributed by atoms with Crippen LogP contribution in [0, 0.1) is 0 Å². The Morgan fingerprint density at radius 3 is 2.81 bits per heavy atom. The zero-order valence-corrected chi connectivity index (χ0v) is 18.2. The van der Waals surface area contributed by atoms with Crippen molar-refractivity contribution in [2.24, 2.45) is 0 Å². The quantitative estimate of drug-likeness (QED) is 0.369. The molecule has 8 nitrogen and oxygen atoms in total. The highest BCUT2D eigenvalue weighted by Gasteiger charge is 2.22. The molecule has 3 aromatic heterocycles. The number of thiazole rings is 1. The minimum absolute atomic E-state index is 0.263. The Morgan fingerprint density at radius 1 is 1.09 bits per heavy atom. The third kappa shape index (κ3) is 3.63. The van der Waals surface area contributed by atoms with Crippen LogP contribution in [0.4, 0.5) is 10.9 Å². The van der Waals surface area contributed by atoms with Crippen molar-refractivity contribution in [3.8, 4) is 11.6 Å². The Kier molecular flexibility index (Phi) is 5.16. The van der Waals surface area contributed by atoms with E-state index in [1.165, 1.54) is 17.5 Å². The SMILES string of the molecule is CCOC(=O)c1cnn(-c2ccc3ccccc3n2)c1Nc1nc2ccc(OC)cc2s1. The summed E-state index contributed by atoms with van der Waals surface area (Å²) in [4.78, 5) is 21.9. The zero-order valence-electron chi connectivity index (χ0n) is 17.4. The normalized spacial score (nSPS) is 11.1. The third-order valence-electron chi connectivity index (χ3n) is 4.89. The number of ether oxygens (including phenoxy) is 2. The number of benzene rings is 2. The summed E-state index contributed by atoms with van der Waals surface area (Å²) in [6, 6.07) is 17.3. The molecule has 0 bridgehead atoms. The van der Waals surface area contributed by atoms with E-state index >= 15 is 0 Å². The van der Waals surface area contributed by atoms with Crippen molar-refractivity contribution in [2.45, 2.75) is 6.92 Å². The topological polar surface area (TPSA) is 91.2 Å². The smallest absolute Gasteiger partial charge is 0.343 e. The standard InChI is InChI=1S/C23H19N5O3S/c1-3-31-22(29)16-13-24-28(20-11-8-14-6-4-5-7-17(14)25-20)21(16)27-23-26-18-10-9-15(30-2)12-19(18)32-23/h4-13H,3H2,1-2H3,(H,26,27). The monoisotopic (exact) mass is 445 g/mol. The molecule has 5 rings (SSSR count). The maximum absolute atomic E-state index is 12.6. The number of aromatic nitrogens is 4. The molecule has 1 N–H and O–H groups in total. The highest BCUT2D eigenvalue weighted by atomic mass is 32.1. The number of methoxy groups -OCH3 is 1. The Bertz CT molecular complexity index is 1440.